The van der Waals surface area contributed by atoms with Crippen molar-refractivity contribution in [2.75, 3.05) is 44.1 Å². The van der Waals surface area contributed by atoms with Crippen LogP contribution in [0.1, 0.15) is 81.3 Å². The number of carbonyl (C=O) groups is 1. The molecule has 0 aliphatic carbocycles. The molecule has 0 spiro atoms. The lowest BCUT2D eigenvalue weighted by Crippen LogP contribution is -2.31. The van der Waals surface area contributed by atoms with Gasteiger partial charge in [-0.25, -0.2) is 4.79 Å². The van der Waals surface area contributed by atoms with Crippen LogP contribution in [0.2, 0.25) is 0 Å². The molecular weight excluding hydrogens is 668 g/mol. The number of benzene rings is 3. The van der Waals surface area contributed by atoms with Crippen molar-refractivity contribution in [1.29, 1.82) is 0 Å². The van der Waals surface area contributed by atoms with Gasteiger partial charge in [0.15, 0.2) is 5.82 Å². The molecule has 3 aromatic carbocycles. The number of nitrogens with one attached hydrogen (secondary N) is 2. The zero-order valence-electron chi connectivity index (χ0n) is 32.2. The number of carbonyl (C=O) groups excluding carboxylic acids is 1. The van der Waals surface area contributed by atoms with E-state index in [0.717, 1.165) is 55.1 Å². The highest BCUT2D eigenvalue weighted by Crippen LogP contribution is 2.33. The first-order chi connectivity index (χ1) is 25.6. The van der Waals surface area contributed by atoms with Crippen LogP contribution in [0.3, 0.4) is 0 Å². The fraction of sp³-hybridized carbons (Fsp3) is 0.452. The van der Waals surface area contributed by atoms with E-state index in [4.69, 9.17) is 28.9 Å². The molecule has 1 aromatic heterocycles. The molecule has 4 aromatic rings. The van der Waals surface area contributed by atoms with E-state index in [2.05, 4.69) is 51.6 Å². The highest BCUT2D eigenvalue weighted by Gasteiger charge is 2.26. The second kappa shape index (κ2) is 19.3. The number of rotatable bonds is 18. The summed E-state index contributed by atoms with van der Waals surface area (Å²) in [6, 6.07) is 24.7. The van der Waals surface area contributed by atoms with E-state index in [1.54, 1.807) is 14.2 Å². The Morgan fingerprint density at radius 1 is 0.830 bits per heavy atom. The van der Waals surface area contributed by atoms with Crippen LogP contribution in [0.15, 0.2) is 72.8 Å². The summed E-state index contributed by atoms with van der Waals surface area (Å²) < 4.78 is 22.8. The molecule has 2 heterocycles. The van der Waals surface area contributed by atoms with E-state index >= 15 is 0 Å². The Labute approximate surface area is 315 Å². The summed E-state index contributed by atoms with van der Waals surface area (Å²) in [6.07, 6.45) is 3.74. The van der Waals surface area contributed by atoms with Crippen molar-refractivity contribution in [2.45, 2.75) is 91.7 Å². The quantitative estimate of drug-likeness (QED) is 0.0977. The third-order valence-electron chi connectivity index (χ3n) is 8.98. The van der Waals surface area contributed by atoms with Crippen LogP contribution in [-0.2, 0) is 37.5 Å². The van der Waals surface area contributed by atoms with Gasteiger partial charge < -0.3 is 29.2 Å². The highest BCUT2D eigenvalue weighted by atomic mass is 16.6. The number of unbranched alkanes of at least 4 members (excludes halogenated alkanes) is 1. The third kappa shape index (κ3) is 12.1. The van der Waals surface area contributed by atoms with Gasteiger partial charge in [-0.05, 0) is 99.6 Å². The molecule has 1 amide bonds. The Bertz CT molecular complexity index is 1690. The van der Waals surface area contributed by atoms with Gasteiger partial charge in [0.05, 0.1) is 26.5 Å². The number of methoxy groups -OCH3 is 2. The van der Waals surface area contributed by atoms with E-state index in [-0.39, 0.29) is 6.01 Å². The van der Waals surface area contributed by atoms with E-state index in [9.17, 15) is 4.79 Å². The van der Waals surface area contributed by atoms with Crippen LogP contribution in [0.25, 0.3) is 0 Å². The summed E-state index contributed by atoms with van der Waals surface area (Å²) in [5.74, 6) is 2.06. The van der Waals surface area contributed by atoms with Crippen molar-refractivity contribution in [2.24, 2.45) is 0 Å². The minimum Gasteiger partial charge on any atom is -0.497 e. The smallest absolute Gasteiger partial charge is 0.412 e. The fourth-order valence-electron chi connectivity index (χ4n) is 6.22. The first kappa shape index (κ1) is 39.3. The lowest BCUT2D eigenvalue weighted by Gasteiger charge is -2.28. The molecule has 1 aliphatic rings. The number of likely N-dealkylation sites (tertiary alicyclic amines) is 1. The molecule has 284 valence electrons. The van der Waals surface area contributed by atoms with Gasteiger partial charge in [0.2, 0.25) is 0 Å². The number of hydrogen-bond acceptors (Lipinski definition) is 10. The molecular formula is C42H56N6O5. The van der Waals surface area contributed by atoms with Crippen molar-refractivity contribution in [3.63, 3.8) is 0 Å². The minimum atomic E-state index is -0.711. The van der Waals surface area contributed by atoms with Gasteiger partial charge in [-0.2, -0.15) is 9.97 Å². The van der Waals surface area contributed by atoms with Crippen molar-refractivity contribution in [3.8, 4) is 17.5 Å². The van der Waals surface area contributed by atoms with E-state index < -0.39 is 11.7 Å². The standard InChI is InChI=1S/C42H56N6O5/c1-7-8-25-52-40-44-37(27-43-26-33-13-9-10-14-34(33)30-47-23-11-12-24-47)38(45-41(49)53-42(2,3)4)39(46-40)48(28-31-15-19-35(50-5)20-16-31)29-32-17-21-36(51-6)22-18-32/h9-10,13-22,43H,7-8,11-12,23-30H2,1-6H3,(H,45,49). The van der Waals surface area contributed by atoms with Crippen molar-refractivity contribution < 1.29 is 23.7 Å². The molecule has 0 bridgehead atoms. The van der Waals surface area contributed by atoms with Crippen LogP contribution < -0.4 is 29.7 Å². The predicted molar refractivity (Wildman–Crippen MR) is 210 cm³/mol. The molecule has 11 nitrogen and oxygen atoms in total. The normalized spacial score (nSPS) is 13.1. The Hall–Kier alpha value is -4.87. The predicted octanol–water partition coefficient (Wildman–Crippen LogP) is 8.11. The summed E-state index contributed by atoms with van der Waals surface area (Å²) in [5.41, 5.74) is 4.95. The van der Waals surface area contributed by atoms with Crippen LogP contribution in [-0.4, -0.2) is 60.5 Å². The number of amides is 1. The molecule has 53 heavy (non-hydrogen) atoms. The average Bonchev–Trinajstić information content (AvgIpc) is 3.66. The van der Waals surface area contributed by atoms with Gasteiger partial charge in [-0.15, -0.1) is 0 Å². The molecule has 0 unspecified atom stereocenters. The molecule has 2 N–H and O–H groups in total. The van der Waals surface area contributed by atoms with Crippen molar-refractivity contribution in [3.05, 3.63) is 101 Å². The Kier molecular flexibility index (Phi) is 14.3. The lowest BCUT2D eigenvalue weighted by atomic mass is 10.1. The van der Waals surface area contributed by atoms with Gasteiger partial charge >= 0.3 is 12.1 Å². The Balaban J connectivity index is 1.54. The summed E-state index contributed by atoms with van der Waals surface area (Å²) in [4.78, 5) is 28.1. The number of anilines is 2. The maximum Gasteiger partial charge on any atom is 0.412 e. The number of nitrogens with zero attached hydrogens (tertiary/aromatic N) is 4. The molecule has 0 atom stereocenters. The topological polar surface area (TPSA) is 110 Å². The molecule has 11 heteroatoms. The van der Waals surface area contributed by atoms with Crippen LogP contribution in [0, 0.1) is 0 Å². The van der Waals surface area contributed by atoms with Crippen LogP contribution in [0.4, 0.5) is 16.3 Å². The molecule has 1 aliphatic heterocycles. The van der Waals surface area contributed by atoms with E-state index in [1.165, 1.54) is 24.0 Å². The zero-order valence-corrected chi connectivity index (χ0v) is 32.2. The molecule has 1 saturated heterocycles. The Morgan fingerprint density at radius 3 is 2.00 bits per heavy atom. The van der Waals surface area contributed by atoms with Gasteiger partial charge in [0.1, 0.15) is 22.8 Å². The summed E-state index contributed by atoms with van der Waals surface area (Å²) in [5, 5.41) is 6.68. The maximum absolute atomic E-state index is 13.5. The Morgan fingerprint density at radius 2 is 1.43 bits per heavy atom. The molecule has 5 rings (SSSR count). The second-order valence-electron chi connectivity index (χ2n) is 14.4. The van der Waals surface area contributed by atoms with Crippen LogP contribution in [0.5, 0.6) is 17.5 Å². The number of ether oxygens (including phenoxy) is 4. The molecule has 1 fully saturated rings. The third-order valence-corrected chi connectivity index (χ3v) is 8.98. The van der Waals surface area contributed by atoms with Crippen LogP contribution >= 0.6 is 0 Å². The van der Waals surface area contributed by atoms with Gasteiger partial charge in [-0.1, -0.05) is 61.9 Å². The van der Waals surface area contributed by atoms with E-state index in [0.29, 0.717) is 50.0 Å². The first-order valence-corrected chi connectivity index (χ1v) is 18.7. The van der Waals surface area contributed by atoms with Crippen molar-refractivity contribution in [1.82, 2.24) is 20.2 Å². The SMILES string of the molecule is CCCCOc1nc(CNCc2ccccc2CN2CCCC2)c(NC(=O)OC(C)(C)C)c(N(Cc2ccc(OC)cc2)Cc2ccc(OC)cc2)n1. The second-order valence-corrected chi connectivity index (χ2v) is 14.4. The van der Waals surface area contributed by atoms with Crippen molar-refractivity contribution >= 4 is 17.6 Å². The number of hydrogen-bond donors (Lipinski definition) is 2. The fourth-order valence-corrected chi connectivity index (χ4v) is 6.22. The average molecular weight is 725 g/mol. The molecule has 0 radical (unpaired) electrons. The highest BCUT2D eigenvalue weighted by molar-refractivity contribution is 5.90. The van der Waals surface area contributed by atoms with Gasteiger partial charge in [0.25, 0.3) is 0 Å². The van der Waals surface area contributed by atoms with E-state index in [1.807, 2.05) is 69.3 Å². The van der Waals surface area contributed by atoms with Gasteiger partial charge in [-0.3, -0.25) is 10.2 Å². The van der Waals surface area contributed by atoms with Gasteiger partial charge in [0, 0.05) is 32.7 Å². The zero-order chi connectivity index (χ0) is 37.6. The monoisotopic (exact) mass is 724 g/mol. The molecule has 0 saturated carbocycles. The number of aromatic nitrogens is 2. The summed E-state index contributed by atoms with van der Waals surface area (Å²) in [6.45, 7) is 13.2. The minimum absolute atomic E-state index is 0.254. The lowest BCUT2D eigenvalue weighted by molar-refractivity contribution is 0.0635. The summed E-state index contributed by atoms with van der Waals surface area (Å²) in [7, 11) is 3.31. The maximum atomic E-state index is 13.5. The summed E-state index contributed by atoms with van der Waals surface area (Å²) >= 11 is 0. The largest absolute Gasteiger partial charge is 0.497 e. The first-order valence-electron chi connectivity index (χ1n) is 18.7.